The highest BCUT2D eigenvalue weighted by Crippen LogP contribution is 2.29. The first-order valence-electron chi connectivity index (χ1n) is 12.1. The summed E-state index contributed by atoms with van der Waals surface area (Å²) < 4.78 is 5.29. The highest BCUT2D eigenvalue weighted by molar-refractivity contribution is 5.86. The number of aliphatic carboxylic acids is 1. The number of amides is 3. The van der Waals surface area contributed by atoms with Crippen LogP contribution in [0.2, 0.25) is 0 Å². The van der Waals surface area contributed by atoms with Crippen LogP contribution in [-0.2, 0) is 19.1 Å². The second-order valence-electron chi connectivity index (χ2n) is 10.5. The SMILES string of the molecule is CCC(C)C(NC(=O)OC(C)(C)C)C(=O)NCC1CCC(C(=O)NC(C(=O)O)C(C)C)CC1. The molecule has 0 saturated heterocycles. The normalized spacial score (nSPS) is 21.5. The van der Waals surface area contributed by atoms with Gasteiger partial charge in [0.1, 0.15) is 17.7 Å². The monoisotopic (exact) mass is 469 g/mol. The molecule has 9 heteroatoms. The molecule has 3 unspecified atom stereocenters. The lowest BCUT2D eigenvalue weighted by Crippen LogP contribution is -2.52. The minimum Gasteiger partial charge on any atom is -0.480 e. The van der Waals surface area contributed by atoms with Gasteiger partial charge >= 0.3 is 12.1 Å². The lowest BCUT2D eigenvalue weighted by Gasteiger charge is -2.30. The van der Waals surface area contributed by atoms with Crippen molar-refractivity contribution in [2.45, 2.75) is 98.3 Å². The summed E-state index contributed by atoms with van der Waals surface area (Å²) in [5, 5.41) is 17.6. The minimum absolute atomic E-state index is 0.0555. The molecule has 0 aromatic heterocycles. The third-order valence-electron chi connectivity index (χ3n) is 6.18. The van der Waals surface area contributed by atoms with Crippen LogP contribution in [0.3, 0.4) is 0 Å². The molecular weight excluding hydrogens is 426 g/mol. The van der Waals surface area contributed by atoms with Crippen molar-refractivity contribution in [2.75, 3.05) is 6.54 Å². The lowest BCUT2D eigenvalue weighted by atomic mass is 9.81. The molecule has 1 aliphatic rings. The molecule has 3 atom stereocenters. The Morgan fingerprint density at radius 2 is 1.55 bits per heavy atom. The molecule has 0 radical (unpaired) electrons. The van der Waals surface area contributed by atoms with Crippen LogP contribution in [0.25, 0.3) is 0 Å². The van der Waals surface area contributed by atoms with E-state index in [2.05, 4.69) is 16.0 Å². The molecule has 190 valence electrons. The molecule has 0 spiro atoms. The van der Waals surface area contributed by atoms with E-state index in [0.717, 1.165) is 19.3 Å². The van der Waals surface area contributed by atoms with Crippen molar-refractivity contribution in [2.24, 2.45) is 23.7 Å². The number of alkyl carbamates (subject to hydrolysis) is 1. The van der Waals surface area contributed by atoms with Crippen LogP contribution < -0.4 is 16.0 Å². The number of ether oxygens (including phenoxy) is 1. The maximum Gasteiger partial charge on any atom is 0.408 e. The van der Waals surface area contributed by atoms with Crippen LogP contribution in [0.4, 0.5) is 4.79 Å². The van der Waals surface area contributed by atoms with E-state index in [0.29, 0.717) is 19.4 Å². The molecule has 1 aliphatic carbocycles. The van der Waals surface area contributed by atoms with Crippen LogP contribution in [0, 0.1) is 23.7 Å². The number of carbonyl (C=O) groups excluding carboxylic acids is 3. The fourth-order valence-electron chi connectivity index (χ4n) is 3.90. The summed E-state index contributed by atoms with van der Waals surface area (Å²) in [6.45, 7) is 13.2. The Hall–Kier alpha value is -2.32. The summed E-state index contributed by atoms with van der Waals surface area (Å²) in [6, 6.07) is -1.57. The Bertz CT molecular complexity index is 680. The Balaban J connectivity index is 2.55. The van der Waals surface area contributed by atoms with Gasteiger partial charge in [0.15, 0.2) is 0 Å². The molecule has 0 heterocycles. The van der Waals surface area contributed by atoms with Gasteiger partial charge in [-0.15, -0.1) is 0 Å². The number of hydrogen-bond donors (Lipinski definition) is 4. The Morgan fingerprint density at radius 1 is 0.970 bits per heavy atom. The van der Waals surface area contributed by atoms with Crippen molar-refractivity contribution < 1.29 is 29.0 Å². The summed E-state index contributed by atoms with van der Waals surface area (Å²) in [5.41, 5.74) is -0.648. The van der Waals surface area contributed by atoms with Crippen LogP contribution in [0.15, 0.2) is 0 Å². The Morgan fingerprint density at radius 3 is 2.00 bits per heavy atom. The average Bonchev–Trinajstić information content (AvgIpc) is 2.72. The van der Waals surface area contributed by atoms with Crippen molar-refractivity contribution in [3.63, 3.8) is 0 Å². The zero-order valence-electron chi connectivity index (χ0n) is 21.2. The molecule has 0 aromatic rings. The number of nitrogens with one attached hydrogen (secondary N) is 3. The molecule has 4 N–H and O–H groups in total. The average molecular weight is 470 g/mol. The summed E-state index contributed by atoms with van der Waals surface area (Å²) in [6.07, 6.45) is 2.96. The van der Waals surface area contributed by atoms with Gasteiger partial charge in [0.25, 0.3) is 0 Å². The van der Waals surface area contributed by atoms with Crippen molar-refractivity contribution in [1.82, 2.24) is 16.0 Å². The Kier molecular flexibility index (Phi) is 11.1. The largest absolute Gasteiger partial charge is 0.480 e. The highest BCUT2D eigenvalue weighted by Gasteiger charge is 2.32. The molecule has 0 aromatic carbocycles. The number of carbonyl (C=O) groups is 4. The van der Waals surface area contributed by atoms with Gasteiger partial charge in [0.2, 0.25) is 11.8 Å². The summed E-state index contributed by atoms with van der Waals surface area (Å²) in [4.78, 5) is 48.8. The molecule has 1 saturated carbocycles. The topological polar surface area (TPSA) is 134 Å². The van der Waals surface area contributed by atoms with Crippen LogP contribution in [-0.4, -0.2) is 53.2 Å². The summed E-state index contributed by atoms with van der Waals surface area (Å²) >= 11 is 0. The predicted octanol–water partition coefficient (Wildman–Crippen LogP) is 3.07. The fourth-order valence-corrected chi connectivity index (χ4v) is 3.90. The molecule has 9 nitrogen and oxygen atoms in total. The molecule has 0 bridgehead atoms. The summed E-state index contributed by atoms with van der Waals surface area (Å²) in [7, 11) is 0. The third kappa shape index (κ3) is 10.0. The van der Waals surface area contributed by atoms with E-state index in [-0.39, 0.29) is 35.5 Å². The predicted molar refractivity (Wildman–Crippen MR) is 125 cm³/mol. The van der Waals surface area contributed by atoms with Crippen LogP contribution in [0.1, 0.15) is 80.6 Å². The first-order valence-corrected chi connectivity index (χ1v) is 12.1. The smallest absolute Gasteiger partial charge is 0.408 e. The minimum atomic E-state index is -1.02. The molecular formula is C24H43N3O6. The maximum absolute atomic E-state index is 12.8. The maximum atomic E-state index is 12.8. The van der Waals surface area contributed by atoms with E-state index in [4.69, 9.17) is 4.74 Å². The number of hydrogen-bond acceptors (Lipinski definition) is 5. The standard InChI is InChI=1S/C24H43N3O6/c1-8-15(4)19(27-23(32)33-24(5,6)7)21(29)25-13-16-9-11-17(12-10-16)20(28)26-18(14(2)3)22(30)31/h14-19H,8-13H2,1-7H3,(H,25,29)(H,26,28)(H,27,32)(H,30,31). The van der Waals surface area contributed by atoms with Gasteiger partial charge in [-0.25, -0.2) is 9.59 Å². The van der Waals surface area contributed by atoms with Crippen LogP contribution in [0.5, 0.6) is 0 Å². The van der Waals surface area contributed by atoms with E-state index in [1.165, 1.54) is 0 Å². The fraction of sp³-hybridized carbons (Fsp3) is 0.833. The van der Waals surface area contributed by atoms with E-state index in [1.807, 2.05) is 13.8 Å². The molecule has 3 amide bonds. The molecule has 1 fully saturated rings. The summed E-state index contributed by atoms with van der Waals surface area (Å²) in [5.74, 6) is -1.69. The van der Waals surface area contributed by atoms with E-state index < -0.39 is 29.7 Å². The van der Waals surface area contributed by atoms with Crippen molar-refractivity contribution in [3.8, 4) is 0 Å². The number of carboxylic acids is 1. The lowest BCUT2D eigenvalue weighted by molar-refractivity contribution is -0.144. The highest BCUT2D eigenvalue weighted by atomic mass is 16.6. The third-order valence-corrected chi connectivity index (χ3v) is 6.18. The second-order valence-corrected chi connectivity index (χ2v) is 10.5. The second kappa shape index (κ2) is 12.8. The zero-order chi connectivity index (χ0) is 25.3. The van der Waals surface area contributed by atoms with E-state index in [1.54, 1.807) is 34.6 Å². The van der Waals surface area contributed by atoms with Gasteiger partial charge in [-0.2, -0.15) is 0 Å². The van der Waals surface area contributed by atoms with Crippen molar-refractivity contribution in [3.05, 3.63) is 0 Å². The van der Waals surface area contributed by atoms with E-state index in [9.17, 15) is 24.3 Å². The van der Waals surface area contributed by atoms with Crippen LogP contribution >= 0.6 is 0 Å². The number of carboxylic acid groups (broad SMARTS) is 1. The molecule has 0 aliphatic heterocycles. The van der Waals surface area contributed by atoms with Gasteiger partial charge in [-0.05, 0) is 64.2 Å². The van der Waals surface area contributed by atoms with Gasteiger partial charge < -0.3 is 25.8 Å². The quantitative estimate of drug-likeness (QED) is 0.388. The first kappa shape index (κ1) is 28.7. The van der Waals surface area contributed by atoms with Gasteiger partial charge in [0, 0.05) is 12.5 Å². The van der Waals surface area contributed by atoms with Crippen molar-refractivity contribution >= 4 is 23.9 Å². The Labute approximate surface area is 197 Å². The molecule has 33 heavy (non-hydrogen) atoms. The number of rotatable bonds is 10. The van der Waals surface area contributed by atoms with Crippen molar-refractivity contribution in [1.29, 1.82) is 0 Å². The van der Waals surface area contributed by atoms with Gasteiger partial charge in [-0.1, -0.05) is 34.1 Å². The molecule has 1 rings (SSSR count). The van der Waals surface area contributed by atoms with E-state index >= 15 is 0 Å². The first-order chi connectivity index (χ1) is 15.2. The zero-order valence-corrected chi connectivity index (χ0v) is 21.2. The van der Waals surface area contributed by atoms with Gasteiger partial charge in [-0.3, -0.25) is 9.59 Å². The van der Waals surface area contributed by atoms with Gasteiger partial charge in [0.05, 0.1) is 0 Å².